The Kier molecular flexibility index (Phi) is 5.71. The lowest BCUT2D eigenvalue weighted by Gasteiger charge is -2.13. The Morgan fingerprint density at radius 3 is 2.25 bits per heavy atom. The van der Waals surface area contributed by atoms with Gasteiger partial charge in [0, 0.05) is 6.42 Å². The van der Waals surface area contributed by atoms with Gasteiger partial charge < -0.3 is 15.5 Å². The van der Waals surface area contributed by atoms with Crippen LogP contribution in [0.5, 0.6) is 0 Å². The largest absolute Gasteiger partial charge is 0.481 e. The Bertz CT molecular complexity index is 495. The van der Waals surface area contributed by atoms with Crippen LogP contribution in [0.15, 0.2) is 24.3 Å². The number of amides is 1. The highest BCUT2D eigenvalue weighted by Gasteiger charge is 2.20. The molecule has 1 atom stereocenters. The van der Waals surface area contributed by atoms with Crippen molar-refractivity contribution in [1.82, 2.24) is 5.32 Å². The van der Waals surface area contributed by atoms with Crippen LogP contribution in [0.2, 0.25) is 0 Å². The van der Waals surface area contributed by atoms with Crippen LogP contribution in [0.25, 0.3) is 0 Å². The molecule has 20 heavy (non-hydrogen) atoms. The van der Waals surface area contributed by atoms with Gasteiger partial charge in [-0.05, 0) is 18.9 Å². The molecule has 0 heterocycles. The monoisotopic (exact) mass is 279 g/mol. The molecule has 0 aliphatic heterocycles. The lowest BCUT2D eigenvalue weighted by Crippen LogP contribution is -2.41. The van der Waals surface area contributed by atoms with E-state index in [0.717, 1.165) is 11.1 Å². The fourth-order valence-corrected chi connectivity index (χ4v) is 1.66. The summed E-state index contributed by atoms with van der Waals surface area (Å²) in [5.74, 6) is -2.76. The molecule has 1 amide bonds. The third kappa shape index (κ3) is 5.51. The Morgan fingerprint density at radius 2 is 1.75 bits per heavy atom. The first-order valence-electron chi connectivity index (χ1n) is 6.18. The summed E-state index contributed by atoms with van der Waals surface area (Å²) < 4.78 is 0. The predicted octanol–water partition coefficient (Wildman–Crippen LogP) is 0.972. The van der Waals surface area contributed by atoms with Crippen molar-refractivity contribution in [2.45, 2.75) is 32.2 Å². The van der Waals surface area contributed by atoms with Crippen molar-refractivity contribution in [2.24, 2.45) is 0 Å². The highest BCUT2D eigenvalue weighted by atomic mass is 16.4. The molecule has 6 heteroatoms. The number of carboxylic acids is 2. The summed E-state index contributed by atoms with van der Waals surface area (Å²) in [5.41, 5.74) is 1.84. The summed E-state index contributed by atoms with van der Waals surface area (Å²) in [6.07, 6.45) is -0.372. The van der Waals surface area contributed by atoms with Gasteiger partial charge in [0.25, 0.3) is 0 Å². The number of carboxylic acid groups (broad SMARTS) is 2. The van der Waals surface area contributed by atoms with Gasteiger partial charge in [-0.1, -0.05) is 29.8 Å². The fraction of sp³-hybridized carbons (Fsp3) is 0.357. The first-order chi connectivity index (χ1) is 9.38. The summed E-state index contributed by atoms with van der Waals surface area (Å²) in [6.45, 7) is 1.93. The van der Waals surface area contributed by atoms with Crippen LogP contribution in [-0.4, -0.2) is 34.1 Å². The summed E-state index contributed by atoms with van der Waals surface area (Å²) in [7, 11) is 0. The molecule has 0 bridgehead atoms. The summed E-state index contributed by atoms with van der Waals surface area (Å²) >= 11 is 0. The van der Waals surface area contributed by atoms with E-state index in [0.29, 0.717) is 0 Å². The number of aryl methyl sites for hydroxylation is 1. The third-order valence-electron chi connectivity index (χ3n) is 2.77. The van der Waals surface area contributed by atoms with Crippen LogP contribution in [0.4, 0.5) is 0 Å². The van der Waals surface area contributed by atoms with E-state index in [9.17, 15) is 14.4 Å². The Hall–Kier alpha value is -2.37. The molecule has 1 aromatic rings. The van der Waals surface area contributed by atoms with Gasteiger partial charge >= 0.3 is 11.9 Å². The lowest BCUT2D eigenvalue weighted by molar-refractivity contribution is -0.143. The van der Waals surface area contributed by atoms with Crippen LogP contribution < -0.4 is 5.32 Å². The van der Waals surface area contributed by atoms with E-state index in [1.165, 1.54) is 0 Å². The minimum Gasteiger partial charge on any atom is -0.481 e. The van der Waals surface area contributed by atoms with Crippen molar-refractivity contribution in [2.75, 3.05) is 0 Å². The zero-order valence-electron chi connectivity index (χ0n) is 11.1. The predicted molar refractivity (Wildman–Crippen MR) is 71.3 cm³/mol. The summed E-state index contributed by atoms with van der Waals surface area (Å²) in [6, 6.07) is 6.14. The molecule has 0 aliphatic carbocycles. The summed E-state index contributed by atoms with van der Waals surface area (Å²) in [5, 5.41) is 19.8. The van der Waals surface area contributed by atoms with Gasteiger partial charge in [0.15, 0.2) is 0 Å². The Labute approximate surface area is 116 Å². The number of rotatable bonds is 7. The highest BCUT2D eigenvalue weighted by molar-refractivity contribution is 5.85. The molecular weight excluding hydrogens is 262 g/mol. The fourth-order valence-electron chi connectivity index (χ4n) is 1.66. The van der Waals surface area contributed by atoms with Gasteiger partial charge in [-0.25, -0.2) is 4.79 Å². The molecule has 108 valence electrons. The molecule has 1 rings (SSSR count). The average molecular weight is 279 g/mol. The SMILES string of the molecule is Cc1ccc(CC(=O)NC(CCC(=O)O)C(=O)O)cc1. The molecule has 3 N–H and O–H groups in total. The molecule has 6 nitrogen and oxygen atoms in total. The zero-order valence-corrected chi connectivity index (χ0v) is 11.1. The normalized spacial score (nSPS) is 11.7. The van der Waals surface area contributed by atoms with Gasteiger partial charge in [0.05, 0.1) is 6.42 Å². The maximum absolute atomic E-state index is 11.7. The standard InChI is InChI=1S/C14H17NO5/c1-9-2-4-10(5-3-9)8-12(16)15-11(14(19)20)6-7-13(17)18/h2-5,11H,6-8H2,1H3,(H,15,16)(H,17,18)(H,19,20). The molecule has 0 aliphatic rings. The van der Waals surface area contributed by atoms with Crippen LogP contribution in [0.1, 0.15) is 24.0 Å². The zero-order chi connectivity index (χ0) is 15.1. The van der Waals surface area contributed by atoms with E-state index in [1.807, 2.05) is 19.1 Å². The molecule has 0 spiro atoms. The molecule has 1 unspecified atom stereocenters. The lowest BCUT2D eigenvalue weighted by atomic mass is 10.1. The van der Waals surface area contributed by atoms with Gasteiger partial charge in [-0.15, -0.1) is 0 Å². The minimum absolute atomic E-state index is 0.0666. The van der Waals surface area contributed by atoms with E-state index in [4.69, 9.17) is 10.2 Å². The molecule has 0 fully saturated rings. The van der Waals surface area contributed by atoms with Crippen LogP contribution in [0, 0.1) is 6.92 Å². The first-order valence-corrected chi connectivity index (χ1v) is 6.18. The number of nitrogens with one attached hydrogen (secondary N) is 1. The molecule has 0 saturated heterocycles. The molecule has 0 saturated carbocycles. The minimum atomic E-state index is -1.23. The van der Waals surface area contributed by atoms with E-state index < -0.39 is 23.9 Å². The second kappa shape index (κ2) is 7.28. The topological polar surface area (TPSA) is 104 Å². The number of hydrogen-bond donors (Lipinski definition) is 3. The Morgan fingerprint density at radius 1 is 1.15 bits per heavy atom. The third-order valence-corrected chi connectivity index (χ3v) is 2.77. The summed E-state index contributed by atoms with van der Waals surface area (Å²) in [4.78, 5) is 33.1. The van der Waals surface area contributed by atoms with Crippen molar-refractivity contribution in [3.63, 3.8) is 0 Å². The second-order valence-corrected chi connectivity index (χ2v) is 4.55. The maximum Gasteiger partial charge on any atom is 0.326 e. The van der Waals surface area contributed by atoms with Crippen molar-refractivity contribution in [3.8, 4) is 0 Å². The van der Waals surface area contributed by atoms with Crippen molar-refractivity contribution in [3.05, 3.63) is 35.4 Å². The average Bonchev–Trinajstić information content (AvgIpc) is 2.36. The molecule has 0 aromatic heterocycles. The van der Waals surface area contributed by atoms with Gasteiger partial charge in [-0.2, -0.15) is 0 Å². The molecule has 0 radical (unpaired) electrons. The number of carbonyl (C=O) groups is 3. The van der Waals surface area contributed by atoms with Crippen LogP contribution >= 0.6 is 0 Å². The number of hydrogen-bond acceptors (Lipinski definition) is 3. The smallest absolute Gasteiger partial charge is 0.326 e. The molecular formula is C14H17NO5. The quantitative estimate of drug-likeness (QED) is 0.690. The van der Waals surface area contributed by atoms with E-state index in [1.54, 1.807) is 12.1 Å². The van der Waals surface area contributed by atoms with Crippen molar-refractivity contribution < 1.29 is 24.6 Å². The first kappa shape index (κ1) is 15.7. The van der Waals surface area contributed by atoms with Crippen LogP contribution in [0.3, 0.4) is 0 Å². The van der Waals surface area contributed by atoms with Gasteiger partial charge in [0.1, 0.15) is 6.04 Å². The number of aliphatic carboxylic acids is 2. The van der Waals surface area contributed by atoms with Crippen molar-refractivity contribution in [1.29, 1.82) is 0 Å². The van der Waals surface area contributed by atoms with Crippen LogP contribution in [-0.2, 0) is 20.8 Å². The van der Waals surface area contributed by atoms with E-state index in [2.05, 4.69) is 5.32 Å². The highest BCUT2D eigenvalue weighted by Crippen LogP contribution is 2.05. The van der Waals surface area contributed by atoms with Crippen molar-refractivity contribution >= 4 is 17.8 Å². The number of benzene rings is 1. The second-order valence-electron chi connectivity index (χ2n) is 4.55. The van der Waals surface area contributed by atoms with E-state index >= 15 is 0 Å². The number of carbonyl (C=O) groups excluding carboxylic acids is 1. The Balaban J connectivity index is 2.55. The maximum atomic E-state index is 11.7. The van der Waals surface area contributed by atoms with Gasteiger partial charge in [0.2, 0.25) is 5.91 Å². The van der Waals surface area contributed by atoms with E-state index in [-0.39, 0.29) is 19.3 Å². The molecule has 1 aromatic carbocycles. The van der Waals surface area contributed by atoms with Gasteiger partial charge in [-0.3, -0.25) is 9.59 Å².